The molecule has 1 atom stereocenters. The molecule has 0 aliphatic heterocycles. The molecule has 0 aromatic heterocycles. The third-order valence-electron chi connectivity index (χ3n) is 2.73. The molecule has 2 nitrogen and oxygen atoms in total. The number of anilines is 1. The van der Waals surface area contributed by atoms with Gasteiger partial charge >= 0.3 is 0 Å². The van der Waals surface area contributed by atoms with Crippen molar-refractivity contribution in [2.45, 2.75) is 39.2 Å². The van der Waals surface area contributed by atoms with Gasteiger partial charge in [0.1, 0.15) is 0 Å². The quantitative estimate of drug-likeness (QED) is 0.798. The predicted octanol–water partition coefficient (Wildman–Crippen LogP) is 3.58. The molecule has 3 N–H and O–H groups in total. The van der Waals surface area contributed by atoms with E-state index in [1.54, 1.807) is 0 Å². The van der Waals surface area contributed by atoms with Gasteiger partial charge in [0.2, 0.25) is 0 Å². The van der Waals surface area contributed by atoms with Crippen LogP contribution in [-0.2, 0) is 0 Å². The van der Waals surface area contributed by atoms with Crippen molar-refractivity contribution in [3.8, 4) is 0 Å². The normalized spacial score (nSPS) is 12.5. The van der Waals surface area contributed by atoms with E-state index in [4.69, 9.17) is 17.3 Å². The number of halogens is 1. The van der Waals surface area contributed by atoms with Gasteiger partial charge in [-0.05, 0) is 31.0 Å². The Balaban J connectivity index is 2.59. The van der Waals surface area contributed by atoms with E-state index in [1.165, 1.54) is 12.8 Å². The number of nitrogens with two attached hydrogens (primary N) is 1. The molecule has 1 unspecified atom stereocenters. The van der Waals surface area contributed by atoms with Crippen LogP contribution in [0.25, 0.3) is 0 Å². The Morgan fingerprint density at radius 1 is 1.44 bits per heavy atom. The highest BCUT2D eigenvalue weighted by Crippen LogP contribution is 2.21. The summed E-state index contributed by atoms with van der Waals surface area (Å²) in [6.07, 6.45) is 3.51. The molecular weight excluding hydrogens is 220 g/mol. The SMILES string of the molecule is CCCCC(CN)Nc1ccc(C)c(Cl)c1. The van der Waals surface area contributed by atoms with E-state index in [1.807, 2.05) is 19.1 Å². The topological polar surface area (TPSA) is 38.0 Å². The molecule has 0 bridgehead atoms. The Kier molecular flexibility index (Phi) is 5.64. The molecule has 1 aromatic carbocycles. The molecule has 0 aliphatic carbocycles. The average molecular weight is 241 g/mol. The Morgan fingerprint density at radius 2 is 2.19 bits per heavy atom. The largest absolute Gasteiger partial charge is 0.381 e. The van der Waals surface area contributed by atoms with E-state index >= 15 is 0 Å². The summed E-state index contributed by atoms with van der Waals surface area (Å²) in [5.74, 6) is 0. The van der Waals surface area contributed by atoms with Crippen molar-refractivity contribution in [3.63, 3.8) is 0 Å². The van der Waals surface area contributed by atoms with Gasteiger partial charge in [-0.25, -0.2) is 0 Å². The minimum absolute atomic E-state index is 0.346. The van der Waals surface area contributed by atoms with Crippen LogP contribution in [-0.4, -0.2) is 12.6 Å². The molecule has 0 heterocycles. The summed E-state index contributed by atoms with van der Waals surface area (Å²) in [5, 5.41) is 4.22. The molecule has 0 aliphatic rings. The maximum Gasteiger partial charge on any atom is 0.0455 e. The van der Waals surface area contributed by atoms with Crippen molar-refractivity contribution in [2.24, 2.45) is 5.73 Å². The van der Waals surface area contributed by atoms with E-state index in [0.29, 0.717) is 12.6 Å². The second-order valence-electron chi connectivity index (χ2n) is 4.18. The number of aryl methyl sites for hydroxylation is 1. The van der Waals surface area contributed by atoms with Crippen molar-refractivity contribution in [1.82, 2.24) is 0 Å². The molecule has 0 saturated carbocycles. The van der Waals surface area contributed by atoms with Gasteiger partial charge in [-0.3, -0.25) is 0 Å². The second kappa shape index (κ2) is 6.77. The van der Waals surface area contributed by atoms with E-state index in [-0.39, 0.29) is 0 Å². The van der Waals surface area contributed by atoms with Gasteiger partial charge in [-0.1, -0.05) is 37.4 Å². The van der Waals surface area contributed by atoms with Gasteiger partial charge in [0.05, 0.1) is 0 Å². The van der Waals surface area contributed by atoms with Crippen molar-refractivity contribution >= 4 is 17.3 Å². The van der Waals surface area contributed by atoms with Crippen LogP contribution in [0, 0.1) is 6.92 Å². The van der Waals surface area contributed by atoms with Crippen LogP contribution >= 0.6 is 11.6 Å². The summed E-state index contributed by atoms with van der Waals surface area (Å²) in [6, 6.07) is 6.39. The minimum atomic E-state index is 0.346. The van der Waals surface area contributed by atoms with Crippen molar-refractivity contribution in [2.75, 3.05) is 11.9 Å². The van der Waals surface area contributed by atoms with Crippen molar-refractivity contribution in [3.05, 3.63) is 28.8 Å². The van der Waals surface area contributed by atoms with Gasteiger partial charge in [0.15, 0.2) is 0 Å². The first-order valence-electron chi connectivity index (χ1n) is 5.90. The molecule has 16 heavy (non-hydrogen) atoms. The Morgan fingerprint density at radius 3 is 2.75 bits per heavy atom. The van der Waals surface area contributed by atoms with Crippen LogP contribution in [0.5, 0.6) is 0 Å². The van der Waals surface area contributed by atoms with Crippen LogP contribution in [0.15, 0.2) is 18.2 Å². The van der Waals surface area contributed by atoms with Gasteiger partial charge in [-0.2, -0.15) is 0 Å². The van der Waals surface area contributed by atoms with Crippen molar-refractivity contribution < 1.29 is 0 Å². The molecule has 1 aromatic rings. The van der Waals surface area contributed by atoms with Gasteiger partial charge in [-0.15, -0.1) is 0 Å². The highest BCUT2D eigenvalue weighted by atomic mass is 35.5. The number of hydrogen-bond donors (Lipinski definition) is 2. The molecule has 0 amide bonds. The summed E-state index contributed by atoms with van der Waals surface area (Å²) < 4.78 is 0. The number of nitrogens with one attached hydrogen (secondary N) is 1. The summed E-state index contributed by atoms with van der Waals surface area (Å²) in [5.41, 5.74) is 7.89. The minimum Gasteiger partial charge on any atom is -0.381 e. The van der Waals surface area contributed by atoms with Gasteiger partial charge < -0.3 is 11.1 Å². The number of benzene rings is 1. The zero-order valence-electron chi connectivity index (χ0n) is 10.1. The van der Waals surface area contributed by atoms with E-state index < -0.39 is 0 Å². The predicted molar refractivity (Wildman–Crippen MR) is 72.2 cm³/mol. The van der Waals surface area contributed by atoms with Gasteiger partial charge in [0.25, 0.3) is 0 Å². The fraction of sp³-hybridized carbons (Fsp3) is 0.538. The van der Waals surface area contributed by atoms with Crippen LogP contribution in [0.4, 0.5) is 5.69 Å². The Labute approximate surface area is 103 Å². The highest BCUT2D eigenvalue weighted by molar-refractivity contribution is 6.31. The summed E-state index contributed by atoms with van der Waals surface area (Å²) >= 11 is 6.07. The smallest absolute Gasteiger partial charge is 0.0455 e. The average Bonchev–Trinajstić information content (AvgIpc) is 2.29. The fourth-order valence-corrected chi connectivity index (χ4v) is 1.80. The van der Waals surface area contributed by atoms with E-state index in [9.17, 15) is 0 Å². The highest BCUT2D eigenvalue weighted by Gasteiger charge is 2.06. The molecule has 0 radical (unpaired) electrons. The molecule has 3 heteroatoms. The second-order valence-corrected chi connectivity index (χ2v) is 4.59. The molecule has 90 valence electrons. The Bertz CT molecular complexity index is 326. The van der Waals surface area contributed by atoms with Crippen molar-refractivity contribution in [1.29, 1.82) is 0 Å². The number of unbranched alkanes of at least 4 members (excludes halogenated alkanes) is 1. The summed E-state index contributed by atoms with van der Waals surface area (Å²) in [7, 11) is 0. The molecule has 0 spiro atoms. The first-order valence-corrected chi connectivity index (χ1v) is 6.28. The van der Waals surface area contributed by atoms with Crippen LogP contribution in [0.1, 0.15) is 31.7 Å². The lowest BCUT2D eigenvalue weighted by atomic mass is 10.1. The van der Waals surface area contributed by atoms with Crippen LogP contribution in [0.2, 0.25) is 5.02 Å². The lowest BCUT2D eigenvalue weighted by Gasteiger charge is -2.18. The fourth-order valence-electron chi connectivity index (χ4n) is 1.62. The molecule has 0 saturated heterocycles. The number of rotatable bonds is 6. The first-order chi connectivity index (χ1) is 7.67. The van der Waals surface area contributed by atoms with Crippen LogP contribution in [0.3, 0.4) is 0 Å². The standard InChI is InChI=1S/C13H21ClN2/c1-3-4-5-12(9-15)16-11-7-6-10(2)13(14)8-11/h6-8,12,16H,3-5,9,15H2,1-2H3. The number of hydrogen-bond acceptors (Lipinski definition) is 2. The maximum atomic E-state index is 6.07. The lowest BCUT2D eigenvalue weighted by molar-refractivity contribution is 0.614. The van der Waals surface area contributed by atoms with Crippen LogP contribution < -0.4 is 11.1 Å². The monoisotopic (exact) mass is 240 g/mol. The third-order valence-corrected chi connectivity index (χ3v) is 3.14. The first kappa shape index (κ1) is 13.3. The molecular formula is C13H21ClN2. The third kappa shape index (κ3) is 4.03. The Hall–Kier alpha value is -0.730. The molecule has 0 fully saturated rings. The molecule has 1 rings (SSSR count). The lowest BCUT2D eigenvalue weighted by Crippen LogP contribution is -2.28. The van der Waals surface area contributed by atoms with E-state index in [0.717, 1.165) is 22.7 Å². The van der Waals surface area contributed by atoms with E-state index in [2.05, 4.69) is 18.3 Å². The summed E-state index contributed by atoms with van der Waals surface area (Å²) in [4.78, 5) is 0. The maximum absolute atomic E-state index is 6.07. The zero-order chi connectivity index (χ0) is 12.0. The summed E-state index contributed by atoms with van der Waals surface area (Å²) in [6.45, 7) is 4.85. The zero-order valence-corrected chi connectivity index (χ0v) is 10.8. The van der Waals surface area contributed by atoms with Gasteiger partial charge in [0, 0.05) is 23.3 Å².